The van der Waals surface area contributed by atoms with E-state index in [4.69, 9.17) is 4.74 Å². The molecule has 2 fully saturated rings. The van der Waals surface area contributed by atoms with Gasteiger partial charge in [0, 0.05) is 30.7 Å². The van der Waals surface area contributed by atoms with Crippen molar-refractivity contribution < 1.29 is 9.53 Å². The van der Waals surface area contributed by atoms with Crippen LogP contribution >= 0.6 is 0 Å². The van der Waals surface area contributed by atoms with Crippen molar-refractivity contribution in [2.45, 2.75) is 51.9 Å². The van der Waals surface area contributed by atoms with Gasteiger partial charge in [-0.15, -0.1) is 0 Å². The van der Waals surface area contributed by atoms with Crippen molar-refractivity contribution in [2.24, 2.45) is 0 Å². The molecule has 24 heavy (non-hydrogen) atoms. The van der Waals surface area contributed by atoms with E-state index in [0.29, 0.717) is 6.54 Å². The highest BCUT2D eigenvalue weighted by atomic mass is 16.5. The molecule has 1 heterocycles. The number of nitrogens with zero attached hydrogens (tertiary/aromatic N) is 1. The Kier molecular flexibility index (Phi) is 3.59. The Morgan fingerprint density at radius 2 is 1.96 bits per heavy atom. The molecule has 4 nitrogen and oxygen atoms in total. The molecule has 1 aliphatic heterocycles. The van der Waals surface area contributed by atoms with Crippen LogP contribution in [0, 0.1) is 0 Å². The van der Waals surface area contributed by atoms with Gasteiger partial charge in [0.15, 0.2) is 0 Å². The number of hydrogen-bond donors (Lipinski definition) is 1. The summed E-state index contributed by atoms with van der Waals surface area (Å²) in [5, 5.41) is 3.15. The first-order chi connectivity index (χ1) is 11.3. The lowest BCUT2D eigenvalue weighted by atomic mass is 9.99. The highest BCUT2D eigenvalue weighted by Gasteiger charge is 2.37. The van der Waals surface area contributed by atoms with Crippen LogP contribution in [0.25, 0.3) is 0 Å². The summed E-state index contributed by atoms with van der Waals surface area (Å²) in [7, 11) is 0. The molecular weight excluding hydrogens is 300 g/mol. The van der Waals surface area contributed by atoms with Crippen LogP contribution in [-0.4, -0.2) is 48.2 Å². The number of amides is 1. The number of morpholine rings is 1. The van der Waals surface area contributed by atoms with Gasteiger partial charge in [-0.3, -0.25) is 9.69 Å². The van der Waals surface area contributed by atoms with E-state index in [1.54, 1.807) is 0 Å². The maximum absolute atomic E-state index is 12.7. The molecule has 1 N–H and O–H groups in total. The molecule has 0 radical (unpaired) electrons. The molecule has 128 valence electrons. The van der Waals surface area contributed by atoms with Crippen LogP contribution in [0.2, 0.25) is 0 Å². The van der Waals surface area contributed by atoms with Gasteiger partial charge in [0.25, 0.3) is 5.91 Å². The fourth-order valence-electron chi connectivity index (χ4n) is 4.01. The van der Waals surface area contributed by atoms with Gasteiger partial charge in [-0.1, -0.05) is 6.08 Å². The van der Waals surface area contributed by atoms with Gasteiger partial charge in [0.2, 0.25) is 0 Å². The minimum atomic E-state index is -0.0902. The smallest absolute Gasteiger partial charge is 0.251 e. The van der Waals surface area contributed by atoms with E-state index in [9.17, 15) is 4.79 Å². The molecule has 1 amide bonds. The van der Waals surface area contributed by atoms with Gasteiger partial charge in [-0.25, -0.2) is 0 Å². The molecule has 0 aromatic heterocycles. The summed E-state index contributed by atoms with van der Waals surface area (Å²) < 4.78 is 5.82. The van der Waals surface area contributed by atoms with Gasteiger partial charge >= 0.3 is 0 Å². The minimum absolute atomic E-state index is 0.0393. The first kappa shape index (κ1) is 15.9. The van der Waals surface area contributed by atoms with Crippen molar-refractivity contribution in [1.29, 1.82) is 0 Å². The molecule has 2 unspecified atom stereocenters. The zero-order valence-corrected chi connectivity index (χ0v) is 15.0. The van der Waals surface area contributed by atoms with Crippen LogP contribution in [0.15, 0.2) is 46.1 Å². The van der Waals surface area contributed by atoms with Gasteiger partial charge in [0.05, 0.1) is 12.2 Å². The topological polar surface area (TPSA) is 41.6 Å². The lowest BCUT2D eigenvalue weighted by Gasteiger charge is -2.45. The summed E-state index contributed by atoms with van der Waals surface area (Å²) in [6, 6.07) is 0. The Morgan fingerprint density at radius 3 is 2.67 bits per heavy atom. The standard InChI is InChI=1S/C20H26N2O2/c1-12-9-22(10-13(2)24-12)20(3,4)11-21-19(23)16-6-5-15-17-7-14(17)8-18(15)16/h5-6,8,12-13H,7,9-11H2,1-4H3,(H,21,23). The van der Waals surface area contributed by atoms with E-state index in [-0.39, 0.29) is 23.7 Å². The van der Waals surface area contributed by atoms with Crippen LogP contribution in [0.5, 0.6) is 0 Å². The molecule has 3 aliphatic carbocycles. The molecule has 1 saturated carbocycles. The SMILES string of the molecule is CC1CN(C(C)(C)CNC(=O)C2=C3C=C4CC4=C3C=C2)CC(C)O1. The Labute approximate surface area is 143 Å². The van der Waals surface area contributed by atoms with Crippen LogP contribution in [0.3, 0.4) is 0 Å². The molecule has 4 heteroatoms. The molecule has 0 aromatic carbocycles. The monoisotopic (exact) mass is 326 g/mol. The van der Waals surface area contributed by atoms with Crippen LogP contribution in [0.4, 0.5) is 0 Å². The quantitative estimate of drug-likeness (QED) is 0.863. The average molecular weight is 326 g/mol. The summed E-state index contributed by atoms with van der Waals surface area (Å²) in [6.07, 6.45) is 7.81. The Balaban J connectivity index is 1.41. The summed E-state index contributed by atoms with van der Waals surface area (Å²) in [5.41, 5.74) is 5.96. The molecule has 2 atom stereocenters. The fourth-order valence-corrected chi connectivity index (χ4v) is 4.01. The van der Waals surface area contributed by atoms with E-state index in [0.717, 1.165) is 30.7 Å². The number of nitrogens with one attached hydrogen (secondary N) is 1. The molecular formula is C20H26N2O2. The second-order valence-electron chi connectivity index (χ2n) is 8.06. The second kappa shape index (κ2) is 5.43. The van der Waals surface area contributed by atoms with Crippen LogP contribution < -0.4 is 5.32 Å². The number of ether oxygens (including phenoxy) is 1. The van der Waals surface area contributed by atoms with Crippen molar-refractivity contribution in [2.75, 3.05) is 19.6 Å². The minimum Gasteiger partial charge on any atom is -0.373 e. The van der Waals surface area contributed by atoms with Crippen molar-refractivity contribution >= 4 is 5.91 Å². The molecule has 0 spiro atoms. The maximum Gasteiger partial charge on any atom is 0.251 e. The van der Waals surface area contributed by atoms with Gasteiger partial charge in [-0.2, -0.15) is 0 Å². The van der Waals surface area contributed by atoms with Gasteiger partial charge < -0.3 is 10.1 Å². The first-order valence-electron chi connectivity index (χ1n) is 8.91. The number of carbonyl (C=O) groups is 1. The van der Waals surface area contributed by atoms with Gasteiger partial charge in [0.1, 0.15) is 0 Å². The van der Waals surface area contributed by atoms with Gasteiger partial charge in [-0.05, 0) is 68.6 Å². The average Bonchev–Trinajstić information content (AvgIpc) is 2.99. The van der Waals surface area contributed by atoms with Crippen molar-refractivity contribution in [3.05, 3.63) is 46.1 Å². The van der Waals surface area contributed by atoms with E-state index >= 15 is 0 Å². The highest BCUT2D eigenvalue weighted by Crippen LogP contribution is 2.51. The number of fused-ring (bicyclic) bond motifs is 2. The van der Waals surface area contributed by atoms with Crippen molar-refractivity contribution in [1.82, 2.24) is 10.2 Å². The molecule has 0 aromatic rings. The Hall–Kier alpha value is -1.65. The van der Waals surface area contributed by atoms with Crippen LogP contribution in [-0.2, 0) is 9.53 Å². The summed E-state index contributed by atoms with van der Waals surface area (Å²) >= 11 is 0. The predicted molar refractivity (Wildman–Crippen MR) is 94.6 cm³/mol. The molecule has 1 saturated heterocycles. The largest absolute Gasteiger partial charge is 0.373 e. The lowest BCUT2D eigenvalue weighted by Crippen LogP contribution is -2.58. The number of carbonyl (C=O) groups excluding carboxylic acids is 1. The third-order valence-corrected chi connectivity index (χ3v) is 5.47. The first-order valence-corrected chi connectivity index (χ1v) is 8.91. The van der Waals surface area contributed by atoms with Crippen molar-refractivity contribution in [3.63, 3.8) is 0 Å². The summed E-state index contributed by atoms with van der Waals surface area (Å²) in [5.74, 6) is 0.0393. The zero-order chi connectivity index (χ0) is 17.1. The third kappa shape index (κ3) is 2.68. The molecule has 4 aliphatic rings. The van der Waals surface area contributed by atoms with Crippen LogP contribution in [0.1, 0.15) is 34.1 Å². The maximum atomic E-state index is 12.7. The van der Waals surface area contributed by atoms with Crippen molar-refractivity contribution in [3.8, 4) is 0 Å². The van der Waals surface area contributed by atoms with E-state index in [1.165, 1.54) is 16.7 Å². The second-order valence-corrected chi connectivity index (χ2v) is 8.06. The summed E-state index contributed by atoms with van der Waals surface area (Å²) in [6.45, 7) is 11.1. The van der Waals surface area contributed by atoms with E-state index in [2.05, 4.69) is 50.1 Å². The Bertz CT molecular complexity index is 714. The third-order valence-electron chi connectivity index (χ3n) is 5.47. The number of hydrogen-bond acceptors (Lipinski definition) is 3. The number of allylic oxidation sites excluding steroid dienone is 6. The highest BCUT2D eigenvalue weighted by molar-refractivity contribution is 6.01. The molecule has 0 bridgehead atoms. The normalized spacial score (nSPS) is 28.9. The Morgan fingerprint density at radius 1 is 1.25 bits per heavy atom. The lowest BCUT2D eigenvalue weighted by molar-refractivity contribution is -0.119. The van der Waals surface area contributed by atoms with E-state index in [1.807, 2.05) is 6.08 Å². The molecule has 4 rings (SSSR count). The van der Waals surface area contributed by atoms with E-state index < -0.39 is 0 Å². The number of rotatable bonds is 4. The fraction of sp³-hybridized carbons (Fsp3) is 0.550. The predicted octanol–water partition coefficient (Wildman–Crippen LogP) is 2.50. The zero-order valence-electron chi connectivity index (χ0n) is 15.0. The summed E-state index contributed by atoms with van der Waals surface area (Å²) in [4.78, 5) is 15.1.